The SMILES string of the molecule is C[C@@H]1CN(CC(=O)Nc2ccc3c(c2)OC(=O)C3)CCN1c1ccc(Cl)cc1. The number of halogens is 1. The molecule has 1 saturated heterocycles. The van der Waals surface area contributed by atoms with Crippen LogP contribution in [0.5, 0.6) is 5.75 Å². The molecular formula is C21H22ClN3O3. The first-order valence-electron chi connectivity index (χ1n) is 9.36. The number of anilines is 2. The van der Waals surface area contributed by atoms with E-state index >= 15 is 0 Å². The summed E-state index contributed by atoms with van der Waals surface area (Å²) in [5.74, 6) is 0.204. The van der Waals surface area contributed by atoms with Gasteiger partial charge in [0.05, 0.1) is 13.0 Å². The molecule has 1 N–H and O–H groups in total. The highest BCUT2D eigenvalue weighted by Crippen LogP contribution is 2.29. The van der Waals surface area contributed by atoms with E-state index < -0.39 is 0 Å². The molecule has 0 aliphatic carbocycles. The molecule has 0 spiro atoms. The van der Waals surface area contributed by atoms with Gasteiger partial charge in [0, 0.05) is 53.7 Å². The van der Waals surface area contributed by atoms with Crippen LogP contribution < -0.4 is 15.0 Å². The summed E-state index contributed by atoms with van der Waals surface area (Å²) in [5.41, 5.74) is 2.65. The molecule has 28 heavy (non-hydrogen) atoms. The first kappa shape index (κ1) is 18.8. The minimum absolute atomic E-state index is 0.0728. The molecule has 0 bridgehead atoms. The number of nitrogens with one attached hydrogen (secondary N) is 1. The first-order valence-corrected chi connectivity index (χ1v) is 9.74. The highest BCUT2D eigenvalue weighted by Gasteiger charge is 2.25. The van der Waals surface area contributed by atoms with Gasteiger partial charge in [0.2, 0.25) is 5.91 Å². The van der Waals surface area contributed by atoms with Crippen molar-refractivity contribution in [2.45, 2.75) is 19.4 Å². The van der Waals surface area contributed by atoms with Crippen LogP contribution in [0.15, 0.2) is 42.5 Å². The van der Waals surface area contributed by atoms with Gasteiger partial charge in [-0.15, -0.1) is 0 Å². The lowest BCUT2D eigenvalue weighted by Crippen LogP contribution is -2.53. The van der Waals surface area contributed by atoms with E-state index in [4.69, 9.17) is 16.3 Å². The molecule has 0 radical (unpaired) electrons. The van der Waals surface area contributed by atoms with Gasteiger partial charge in [-0.3, -0.25) is 14.5 Å². The van der Waals surface area contributed by atoms with Crippen molar-refractivity contribution >= 4 is 34.9 Å². The fraction of sp³-hybridized carbons (Fsp3) is 0.333. The van der Waals surface area contributed by atoms with Crippen LogP contribution >= 0.6 is 11.6 Å². The molecule has 1 atom stereocenters. The predicted octanol–water partition coefficient (Wildman–Crippen LogP) is 2.95. The second-order valence-corrected chi connectivity index (χ2v) is 7.71. The number of esters is 1. The molecule has 2 aliphatic rings. The molecule has 4 rings (SSSR count). The van der Waals surface area contributed by atoms with E-state index in [1.807, 2.05) is 30.3 Å². The molecule has 2 aromatic carbocycles. The van der Waals surface area contributed by atoms with Crippen molar-refractivity contribution in [1.29, 1.82) is 0 Å². The molecule has 2 heterocycles. The van der Waals surface area contributed by atoms with Crippen LogP contribution in [0.4, 0.5) is 11.4 Å². The highest BCUT2D eigenvalue weighted by atomic mass is 35.5. The van der Waals surface area contributed by atoms with Gasteiger partial charge in [-0.1, -0.05) is 17.7 Å². The average molecular weight is 400 g/mol. The Balaban J connectivity index is 1.32. The molecule has 7 heteroatoms. The Labute approximate surface area is 169 Å². The van der Waals surface area contributed by atoms with Gasteiger partial charge in [-0.05, 0) is 37.3 Å². The molecule has 1 fully saturated rings. The number of fused-ring (bicyclic) bond motifs is 1. The van der Waals surface area contributed by atoms with E-state index in [-0.39, 0.29) is 11.9 Å². The average Bonchev–Trinajstić information content (AvgIpc) is 3.02. The van der Waals surface area contributed by atoms with Crippen LogP contribution in [0, 0.1) is 0 Å². The van der Waals surface area contributed by atoms with Crippen LogP contribution in [0.25, 0.3) is 0 Å². The summed E-state index contributed by atoms with van der Waals surface area (Å²) in [5, 5.41) is 3.63. The summed E-state index contributed by atoms with van der Waals surface area (Å²) in [4.78, 5) is 28.3. The van der Waals surface area contributed by atoms with Gasteiger partial charge in [0.25, 0.3) is 0 Å². The fourth-order valence-electron chi connectivity index (χ4n) is 3.78. The maximum Gasteiger partial charge on any atom is 0.315 e. The minimum atomic E-state index is -0.258. The van der Waals surface area contributed by atoms with Crippen molar-refractivity contribution in [2.75, 3.05) is 36.4 Å². The summed E-state index contributed by atoms with van der Waals surface area (Å²) in [7, 11) is 0. The van der Waals surface area contributed by atoms with Crippen LogP contribution in [0.3, 0.4) is 0 Å². The number of nitrogens with zero attached hydrogens (tertiary/aromatic N) is 2. The van der Waals surface area contributed by atoms with Gasteiger partial charge >= 0.3 is 5.97 Å². The van der Waals surface area contributed by atoms with E-state index in [1.54, 1.807) is 12.1 Å². The minimum Gasteiger partial charge on any atom is -0.426 e. The topological polar surface area (TPSA) is 61.9 Å². The Morgan fingerprint density at radius 2 is 2.00 bits per heavy atom. The Bertz CT molecular complexity index is 900. The van der Waals surface area contributed by atoms with Gasteiger partial charge in [-0.2, -0.15) is 0 Å². The van der Waals surface area contributed by atoms with E-state index in [0.29, 0.717) is 30.4 Å². The number of benzene rings is 2. The number of hydrogen-bond donors (Lipinski definition) is 1. The van der Waals surface area contributed by atoms with E-state index in [2.05, 4.69) is 22.0 Å². The first-order chi connectivity index (χ1) is 13.5. The summed E-state index contributed by atoms with van der Waals surface area (Å²) in [6.07, 6.45) is 0.291. The van der Waals surface area contributed by atoms with Crippen LogP contribution in [0.2, 0.25) is 5.02 Å². The van der Waals surface area contributed by atoms with Gasteiger partial charge in [0.1, 0.15) is 5.75 Å². The second-order valence-electron chi connectivity index (χ2n) is 7.28. The van der Waals surface area contributed by atoms with E-state index in [1.165, 1.54) is 0 Å². The number of rotatable bonds is 4. The Hall–Kier alpha value is -2.57. The molecular weight excluding hydrogens is 378 g/mol. The maximum atomic E-state index is 12.5. The Morgan fingerprint density at radius 3 is 2.75 bits per heavy atom. The highest BCUT2D eigenvalue weighted by molar-refractivity contribution is 6.30. The second kappa shape index (κ2) is 7.81. The number of carbonyl (C=O) groups excluding carboxylic acids is 2. The zero-order valence-corrected chi connectivity index (χ0v) is 16.4. The standard InChI is InChI=1S/C21H22ClN3O3/c1-14-12-24(8-9-25(14)18-6-3-16(22)4-7-18)13-20(26)23-17-5-2-15-10-21(27)28-19(15)11-17/h2-7,11,14H,8-10,12-13H2,1H3,(H,23,26)/t14-/m1/s1. The van der Waals surface area contributed by atoms with Crippen molar-refractivity contribution in [1.82, 2.24) is 4.90 Å². The van der Waals surface area contributed by atoms with E-state index in [9.17, 15) is 9.59 Å². The lowest BCUT2D eigenvalue weighted by Gasteiger charge is -2.41. The number of piperazine rings is 1. The van der Waals surface area contributed by atoms with Crippen molar-refractivity contribution < 1.29 is 14.3 Å². The lowest BCUT2D eigenvalue weighted by atomic mass is 10.1. The largest absolute Gasteiger partial charge is 0.426 e. The van der Waals surface area contributed by atoms with Gasteiger partial charge in [-0.25, -0.2) is 0 Å². The van der Waals surface area contributed by atoms with E-state index in [0.717, 1.165) is 35.9 Å². The van der Waals surface area contributed by atoms with Gasteiger partial charge in [0.15, 0.2) is 0 Å². The third-order valence-electron chi connectivity index (χ3n) is 5.15. The monoisotopic (exact) mass is 399 g/mol. The Kier molecular flexibility index (Phi) is 5.24. The molecule has 146 valence electrons. The van der Waals surface area contributed by atoms with Crippen molar-refractivity contribution in [3.8, 4) is 5.75 Å². The summed E-state index contributed by atoms with van der Waals surface area (Å²) < 4.78 is 5.14. The smallest absolute Gasteiger partial charge is 0.315 e. The molecule has 0 unspecified atom stereocenters. The van der Waals surface area contributed by atoms with Crippen LogP contribution in [0.1, 0.15) is 12.5 Å². The zero-order chi connectivity index (χ0) is 19.7. The summed E-state index contributed by atoms with van der Waals surface area (Å²) in [6, 6.07) is 13.5. The molecule has 1 amide bonds. The molecule has 0 aromatic heterocycles. The van der Waals surface area contributed by atoms with Crippen LogP contribution in [-0.2, 0) is 16.0 Å². The fourth-order valence-corrected chi connectivity index (χ4v) is 3.91. The predicted molar refractivity (Wildman–Crippen MR) is 109 cm³/mol. The lowest BCUT2D eigenvalue weighted by molar-refractivity contribution is -0.131. The molecule has 2 aliphatic heterocycles. The summed E-state index contributed by atoms with van der Waals surface area (Å²) >= 11 is 5.98. The number of ether oxygens (including phenoxy) is 1. The number of carbonyl (C=O) groups is 2. The van der Waals surface area contributed by atoms with Crippen molar-refractivity contribution in [3.05, 3.63) is 53.1 Å². The van der Waals surface area contributed by atoms with Crippen molar-refractivity contribution in [2.24, 2.45) is 0 Å². The third-order valence-corrected chi connectivity index (χ3v) is 5.40. The quantitative estimate of drug-likeness (QED) is 0.632. The summed E-state index contributed by atoms with van der Waals surface area (Å²) in [6.45, 7) is 4.95. The molecule has 6 nitrogen and oxygen atoms in total. The normalized spacial score (nSPS) is 19.3. The number of amides is 1. The van der Waals surface area contributed by atoms with Crippen LogP contribution in [-0.4, -0.2) is 49.0 Å². The number of hydrogen-bond acceptors (Lipinski definition) is 5. The molecule has 0 saturated carbocycles. The Morgan fingerprint density at radius 1 is 1.21 bits per heavy atom. The third kappa shape index (κ3) is 4.13. The molecule has 2 aromatic rings. The zero-order valence-electron chi connectivity index (χ0n) is 15.7. The maximum absolute atomic E-state index is 12.5. The van der Waals surface area contributed by atoms with Gasteiger partial charge < -0.3 is 15.0 Å². The van der Waals surface area contributed by atoms with Crippen molar-refractivity contribution in [3.63, 3.8) is 0 Å².